The van der Waals surface area contributed by atoms with E-state index in [1.165, 1.54) is 11.8 Å². The summed E-state index contributed by atoms with van der Waals surface area (Å²) in [4.78, 5) is 50.6. The van der Waals surface area contributed by atoms with Crippen molar-refractivity contribution in [1.29, 1.82) is 0 Å². The Balaban J connectivity index is 1.45. The average Bonchev–Trinajstić information content (AvgIpc) is 2.98. The van der Waals surface area contributed by atoms with E-state index in [-0.39, 0.29) is 23.8 Å². The molecule has 2 aromatic rings. The number of fused-ring (bicyclic) bond motifs is 1. The number of imide groups is 1. The van der Waals surface area contributed by atoms with Crippen LogP contribution in [0.1, 0.15) is 59.7 Å². The molecule has 0 spiro atoms. The van der Waals surface area contributed by atoms with Gasteiger partial charge in [0, 0.05) is 30.0 Å². The maximum atomic E-state index is 12.9. The molecule has 0 bridgehead atoms. The third kappa shape index (κ3) is 4.42. The van der Waals surface area contributed by atoms with Gasteiger partial charge in [0.15, 0.2) is 0 Å². The molecule has 0 unspecified atom stereocenters. The van der Waals surface area contributed by atoms with Gasteiger partial charge in [0.05, 0.1) is 11.1 Å². The monoisotopic (exact) mass is 420 g/mol. The standard InChI is InChI=1S/C23H24N4O4/c1-14(28)24-15-6-5-7-16(12-15)25-23(31)26-17-10-11-19-20(13-17)22(30)27(21(19)29)18-8-3-2-4-9-18/h5-7,10-13,18H,2-4,8-9H2,1H3,(H,24,28)(H2,25,26,31). The first-order chi connectivity index (χ1) is 14.9. The van der Waals surface area contributed by atoms with E-state index in [9.17, 15) is 19.2 Å². The molecule has 1 aliphatic heterocycles. The van der Waals surface area contributed by atoms with Crippen LogP contribution in [0.15, 0.2) is 42.5 Å². The molecule has 5 amide bonds. The Morgan fingerprint density at radius 1 is 0.806 bits per heavy atom. The van der Waals surface area contributed by atoms with Gasteiger partial charge in [-0.1, -0.05) is 25.3 Å². The molecule has 160 valence electrons. The van der Waals surface area contributed by atoms with Crippen LogP contribution in [-0.4, -0.2) is 34.7 Å². The Bertz CT molecular complexity index is 1060. The molecule has 0 saturated heterocycles. The summed E-state index contributed by atoms with van der Waals surface area (Å²) in [6.45, 7) is 1.40. The van der Waals surface area contributed by atoms with Crippen molar-refractivity contribution < 1.29 is 19.2 Å². The van der Waals surface area contributed by atoms with Crippen molar-refractivity contribution >= 4 is 40.8 Å². The van der Waals surface area contributed by atoms with E-state index >= 15 is 0 Å². The zero-order valence-corrected chi connectivity index (χ0v) is 17.2. The zero-order chi connectivity index (χ0) is 22.0. The highest BCUT2D eigenvalue weighted by Gasteiger charge is 2.40. The van der Waals surface area contributed by atoms with E-state index in [2.05, 4.69) is 16.0 Å². The molecular weight excluding hydrogens is 396 g/mol. The lowest BCUT2D eigenvalue weighted by atomic mass is 9.94. The van der Waals surface area contributed by atoms with E-state index in [1.807, 2.05) is 0 Å². The van der Waals surface area contributed by atoms with Crippen LogP contribution in [0.5, 0.6) is 0 Å². The van der Waals surface area contributed by atoms with Gasteiger partial charge in [-0.15, -0.1) is 0 Å². The predicted molar refractivity (Wildman–Crippen MR) is 117 cm³/mol. The molecule has 1 fully saturated rings. The normalized spacial score (nSPS) is 16.1. The number of nitrogens with one attached hydrogen (secondary N) is 3. The minimum Gasteiger partial charge on any atom is -0.326 e. The molecule has 2 aliphatic rings. The number of carbonyl (C=O) groups is 4. The number of hydrogen-bond acceptors (Lipinski definition) is 4. The topological polar surface area (TPSA) is 108 Å². The first-order valence-corrected chi connectivity index (χ1v) is 10.4. The van der Waals surface area contributed by atoms with E-state index in [4.69, 9.17) is 0 Å². The lowest BCUT2D eigenvalue weighted by Crippen LogP contribution is -2.40. The van der Waals surface area contributed by atoms with Crippen molar-refractivity contribution in [2.24, 2.45) is 0 Å². The van der Waals surface area contributed by atoms with Crippen LogP contribution in [0, 0.1) is 0 Å². The molecule has 1 saturated carbocycles. The van der Waals surface area contributed by atoms with Gasteiger partial charge in [-0.25, -0.2) is 4.79 Å². The van der Waals surface area contributed by atoms with Crippen LogP contribution >= 0.6 is 0 Å². The predicted octanol–water partition coefficient (Wildman–Crippen LogP) is 4.22. The van der Waals surface area contributed by atoms with Crippen molar-refractivity contribution in [3.8, 4) is 0 Å². The maximum absolute atomic E-state index is 12.9. The van der Waals surface area contributed by atoms with Gasteiger partial charge in [0.1, 0.15) is 0 Å². The highest BCUT2D eigenvalue weighted by atomic mass is 16.2. The van der Waals surface area contributed by atoms with Crippen LogP contribution in [0.2, 0.25) is 0 Å². The van der Waals surface area contributed by atoms with E-state index in [0.717, 1.165) is 32.1 Å². The highest BCUT2D eigenvalue weighted by Crippen LogP contribution is 2.32. The summed E-state index contributed by atoms with van der Waals surface area (Å²) < 4.78 is 0. The van der Waals surface area contributed by atoms with Crippen LogP contribution in [-0.2, 0) is 4.79 Å². The highest BCUT2D eigenvalue weighted by molar-refractivity contribution is 6.22. The molecule has 0 aromatic heterocycles. The molecule has 0 radical (unpaired) electrons. The molecular formula is C23H24N4O4. The first kappa shape index (κ1) is 20.6. The number of anilines is 3. The van der Waals surface area contributed by atoms with E-state index in [1.54, 1.807) is 42.5 Å². The molecule has 1 heterocycles. The van der Waals surface area contributed by atoms with Crippen molar-refractivity contribution in [3.05, 3.63) is 53.6 Å². The van der Waals surface area contributed by atoms with Crippen molar-refractivity contribution in [3.63, 3.8) is 0 Å². The summed E-state index contributed by atoms with van der Waals surface area (Å²) >= 11 is 0. The van der Waals surface area contributed by atoms with Crippen molar-refractivity contribution in [1.82, 2.24) is 4.90 Å². The maximum Gasteiger partial charge on any atom is 0.323 e. The van der Waals surface area contributed by atoms with Gasteiger partial charge in [-0.05, 0) is 49.2 Å². The zero-order valence-electron chi connectivity index (χ0n) is 17.2. The van der Waals surface area contributed by atoms with Crippen molar-refractivity contribution in [2.45, 2.75) is 45.1 Å². The average molecular weight is 420 g/mol. The molecule has 0 atom stereocenters. The number of nitrogens with zero attached hydrogens (tertiary/aromatic N) is 1. The third-order valence-corrected chi connectivity index (χ3v) is 5.56. The Morgan fingerprint density at radius 3 is 2.10 bits per heavy atom. The quantitative estimate of drug-likeness (QED) is 0.644. The van der Waals surface area contributed by atoms with Gasteiger partial charge in [0.25, 0.3) is 11.8 Å². The summed E-state index contributed by atoms with van der Waals surface area (Å²) in [5, 5.41) is 8.03. The molecule has 1 aliphatic carbocycles. The molecule has 31 heavy (non-hydrogen) atoms. The number of hydrogen-bond donors (Lipinski definition) is 3. The number of rotatable bonds is 4. The number of benzene rings is 2. The van der Waals surface area contributed by atoms with Crippen LogP contribution in [0.3, 0.4) is 0 Å². The summed E-state index contributed by atoms with van der Waals surface area (Å²) in [6.07, 6.45) is 4.87. The van der Waals surface area contributed by atoms with Crippen LogP contribution < -0.4 is 16.0 Å². The molecule has 4 rings (SSSR count). The van der Waals surface area contributed by atoms with E-state index < -0.39 is 6.03 Å². The first-order valence-electron chi connectivity index (χ1n) is 10.4. The Kier molecular flexibility index (Phi) is 5.70. The van der Waals surface area contributed by atoms with Crippen LogP contribution in [0.4, 0.5) is 21.9 Å². The van der Waals surface area contributed by atoms with Gasteiger partial charge in [-0.3, -0.25) is 19.3 Å². The van der Waals surface area contributed by atoms with Crippen molar-refractivity contribution in [2.75, 3.05) is 16.0 Å². The second-order valence-electron chi connectivity index (χ2n) is 7.87. The summed E-state index contributed by atoms with van der Waals surface area (Å²) in [7, 11) is 0. The van der Waals surface area contributed by atoms with Gasteiger partial charge < -0.3 is 16.0 Å². The fraction of sp³-hybridized carbons (Fsp3) is 0.304. The Labute approximate surface area is 180 Å². The number of amides is 5. The number of carbonyl (C=O) groups excluding carboxylic acids is 4. The molecule has 8 heteroatoms. The summed E-state index contributed by atoms with van der Waals surface area (Å²) in [5.74, 6) is -0.752. The molecule has 2 aromatic carbocycles. The second-order valence-corrected chi connectivity index (χ2v) is 7.87. The van der Waals surface area contributed by atoms with E-state index in [0.29, 0.717) is 28.2 Å². The summed E-state index contributed by atoms with van der Waals surface area (Å²) in [5.41, 5.74) is 2.18. The SMILES string of the molecule is CC(=O)Nc1cccc(NC(=O)Nc2ccc3c(c2)C(=O)N(C2CCCCC2)C3=O)c1. The van der Waals surface area contributed by atoms with Gasteiger partial charge in [-0.2, -0.15) is 0 Å². The third-order valence-electron chi connectivity index (χ3n) is 5.56. The smallest absolute Gasteiger partial charge is 0.323 e. The summed E-state index contributed by atoms with van der Waals surface area (Å²) in [6, 6.07) is 11.0. The molecule has 8 nitrogen and oxygen atoms in total. The minimum atomic E-state index is -0.499. The fourth-order valence-electron chi connectivity index (χ4n) is 4.18. The Hall–Kier alpha value is -3.68. The fourth-order valence-corrected chi connectivity index (χ4v) is 4.18. The lowest BCUT2D eigenvalue weighted by Gasteiger charge is -2.29. The minimum absolute atomic E-state index is 0.0447. The largest absolute Gasteiger partial charge is 0.326 e. The van der Waals surface area contributed by atoms with Gasteiger partial charge >= 0.3 is 6.03 Å². The number of urea groups is 1. The Morgan fingerprint density at radius 2 is 1.42 bits per heavy atom. The lowest BCUT2D eigenvalue weighted by molar-refractivity contribution is -0.114. The van der Waals surface area contributed by atoms with Crippen LogP contribution in [0.25, 0.3) is 0 Å². The molecule has 3 N–H and O–H groups in total. The van der Waals surface area contributed by atoms with Gasteiger partial charge in [0.2, 0.25) is 5.91 Å². The second kappa shape index (κ2) is 8.59.